The van der Waals surface area contributed by atoms with Gasteiger partial charge in [-0.15, -0.1) is 0 Å². The van der Waals surface area contributed by atoms with E-state index in [1.54, 1.807) is 6.92 Å². The smallest absolute Gasteiger partial charge is 0.416 e. The zero-order chi connectivity index (χ0) is 17.4. The Balaban J connectivity index is 2.47. The standard InChI is InChI=1S/C15H15F3N2O3/c1-8-11(13(21)23-3)12(19-14(22)20(8)2)9-4-6-10(7-5-9)15(16,17)18/h4-7,12H,1-3H3,(H,19,22)/t12-/m0/s1. The van der Waals surface area contributed by atoms with Crippen molar-refractivity contribution in [3.63, 3.8) is 0 Å². The van der Waals surface area contributed by atoms with Gasteiger partial charge in [-0.25, -0.2) is 9.59 Å². The van der Waals surface area contributed by atoms with E-state index in [1.165, 1.54) is 31.2 Å². The molecule has 0 bridgehead atoms. The van der Waals surface area contributed by atoms with E-state index in [0.29, 0.717) is 11.3 Å². The fourth-order valence-corrected chi connectivity index (χ4v) is 2.32. The predicted molar refractivity (Wildman–Crippen MR) is 75.2 cm³/mol. The lowest BCUT2D eigenvalue weighted by atomic mass is 9.94. The topological polar surface area (TPSA) is 58.6 Å². The molecule has 0 saturated carbocycles. The number of halogens is 3. The van der Waals surface area contributed by atoms with Gasteiger partial charge in [0.15, 0.2) is 0 Å². The van der Waals surface area contributed by atoms with Crippen molar-refractivity contribution in [1.82, 2.24) is 10.2 Å². The van der Waals surface area contributed by atoms with E-state index < -0.39 is 29.8 Å². The van der Waals surface area contributed by atoms with Crippen LogP contribution in [-0.4, -0.2) is 31.1 Å². The van der Waals surface area contributed by atoms with Gasteiger partial charge in [-0.05, 0) is 24.6 Å². The summed E-state index contributed by atoms with van der Waals surface area (Å²) in [6.45, 7) is 1.57. The van der Waals surface area contributed by atoms with Crippen LogP contribution in [0.25, 0.3) is 0 Å². The van der Waals surface area contributed by atoms with Gasteiger partial charge in [0.1, 0.15) is 0 Å². The van der Waals surface area contributed by atoms with Gasteiger partial charge in [-0.3, -0.25) is 0 Å². The van der Waals surface area contributed by atoms with Gasteiger partial charge in [0.05, 0.1) is 24.3 Å². The SMILES string of the molecule is COC(=O)C1=C(C)N(C)C(=O)N[C@H]1c1ccc(C(F)(F)F)cc1. The highest BCUT2D eigenvalue weighted by molar-refractivity contribution is 5.94. The highest BCUT2D eigenvalue weighted by atomic mass is 19.4. The summed E-state index contributed by atoms with van der Waals surface area (Å²) < 4.78 is 42.6. The largest absolute Gasteiger partial charge is 0.466 e. The van der Waals surface area contributed by atoms with Gasteiger partial charge in [-0.2, -0.15) is 13.2 Å². The van der Waals surface area contributed by atoms with Crippen LogP contribution in [0, 0.1) is 0 Å². The van der Waals surface area contributed by atoms with Crippen LogP contribution in [0.3, 0.4) is 0 Å². The Kier molecular flexibility index (Phi) is 4.35. The molecule has 1 aromatic carbocycles. The third-order valence-electron chi connectivity index (χ3n) is 3.73. The first-order chi connectivity index (χ1) is 10.7. The van der Waals surface area contributed by atoms with Crippen LogP contribution in [0.4, 0.5) is 18.0 Å². The summed E-state index contributed by atoms with van der Waals surface area (Å²) in [6, 6.07) is 2.95. The average molecular weight is 328 g/mol. The number of carbonyl (C=O) groups excluding carboxylic acids is 2. The van der Waals surface area contributed by atoms with E-state index in [2.05, 4.69) is 5.32 Å². The monoisotopic (exact) mass is 328 g/mol. The molecule has 8 heteroatoms. The number of methoxy groups -OCH3 is 1. The molecule has 0 aromatic heterocycles. The number of allylic oxidation sites excluding steroid dienone is 1. The quantitative estimate of drug-likeness (QED) is 0.849. The van der Waals surface area contributed by atoms with Crippen molar-refractivity contribution in [1.29, 1.82) is 0 Å². The van der Waals surface area contributed by atoms with E-state index in [4.69, 9.17) is 4.74 Å². The molecule has 1 aliphatic rings. The molecule has 2 rings (SSSR count). The van der Waals surface area contributed by atoms with Crippen molar-refractivity contribution in [3.8, 4) is 0 Å². The molecule has 1 aliphatic heterocycles. The van der Waals surface area contributed by atoms with Crippen LogP contribution in [0.5, 0.6) is 0 Å². The number of ether oxygens (including phenoxy) is 1. The Labute approximate surface area is 130 Å². The number of hydrogen-bond acceptors (Lipinski definition) is 3. The Bertz CT molecular complexity index is 666. The number of carbonyl (C=O) groups is 2. The molecule has 0 radical (unpaired) electrons. The zero-order valence-corrected chi connectivity index (χ0v) is 12.7. The van der Waals surface area contributed by atoms with Crippen molar-refractivity contribution >= 4 is 12.0 Å². The third kappa shape index (κ3) is 3.15. The molecular formula is C15H15F3N2O3. The number of amides is 2. The van der Waals surface area contributed by atoms with E-state index in [-0.39, 0.29) is 5.57 Å². The molecule has 0 fully saturated rings. The number of nitrogens with zero attached hydrogens (tertiary/aromatic N) is 1. The molecule has 0 unspecified atom stereocenters. The molecule has 5 nitrogen and oxygen atoms in total. The first kappa shape index (κ1) is 16.9. The molecule has 1 aromatic rings. The lowest BCUT2D eigenvalue weighted by molar-refractivity contribution is -0.138. The van der Waals surface area contributed by atoms with Crippen LogP contribution < -0.4 is 5.32 Å². The molecule has 1 atom stereocenters. The number of alkyl halides is 3. The van der Waals surface area contributed by atoms with Gasteiger partial charge in [0.2, 0.25) is 0 Å². The summed E-state index contributed by atoms with van der Waals surface area (Å²) in [4.78, 5) is 25.2. The van der Waals surface area contributed by atoms with Crippen molar-refractivity contribution < 1.29 is 27.5 Å². The fraction of sp³-hybridized carbons (Fsp3) is 0.333. The first-order valence-corrected chi connectivity index (χ1v) is 6.67. The van der Waals surface area contributed by atoms with Crippen LogP contribution in [0.1, 0.15) is 24.1 Å². The summed E-state index contributed by atoms with van der Waals surface area (Å²) in [5, 5.41) is 2.58. The highest BCUT2D eigenvalue weighted by Crippen LogP contribution is 2.33. The van der Waals surface area contributed by atoms with Crippen molar-refractivity contribution in [2.45, 2.75) is 19.1 Å². The number of urea groups is 1. The molecule has 0 aliphatic carbocycles. The summed E-state index contributed by atoms with van der Waals surface area (Å²) >= 11 is 0. The maximum absolute atomic E-state index is 12.6. The summed E-state index contributed by atoms with van der Waals surface area (Å²) in [6.07, 6.45) is -4.45. The first-order valence-electron chi connectivity index (χ1n) is 6.67. The number of benzene rings is 1. The Hall–Kier alpha value is -2.51. The summed E-state index contributed by atoms with van der Waals surface area (Å²) in [7, 11) is 2.68. The maximum Gasteiger partial charge on any atom is 0.416 e. The lowest BCUT2D eigenvalue weighted by Crippen LogP contribution is -2.46. The van der Waals surface area contributed by atoms with E-state index in [9.17, 15) is 22.8 Å². The van der Waals surface area contributed by atoms with Crippen LogP contribution in [-0.2, 0) is 15.7 Å². The van der Waals surface area contributed by atoms with Gasteiger partial charge in [0, 0.05) is 12.7 Å². The number of esters is 1. The van der Waals surface area contributed by atoms with Crippen LogP contribution >= 0.6 is 0 Å². The number of nitrogens with one attached hydrogen (secondary N) is 1. The van der Waals surface area contributed by atoms with E-state index in [1.807, 2.05) is 0 Å². The second-order valence-corrected chi connectivity index (χ2v) is 5.05. The zero-order valence-electron chi connectivity index (χ0n) is 12.7. The van der Waals surface area contributed by atoms with E-state index >= 15 is 0 Å². The van der Waals surface area contributed by atoms with Gasteiger partial charge < -0.3 is 15.0 Å². The minimum Gasteiger partial charge on any atom is -0.466 e. The molecule has 0 spiro atoms. The second kappa shape index (κ2) is 5.94. The highest BCUT2D eigenvalue weighted by Gasteiger charge is 2.35. The molecule has 0 saturated heterocycles. The molecule has 124 valence electrons. The van der Waals surface area contributed by atoms with Crippen molar-refractivity contribution in [2.24, 2.45) is 0 Å². The lowest BCUT2D eigenvalue weighted by Gasteiger charge is -2.33. The third-order valence-corrected chi connectivity index (χ3v) is 3.73. The van der Waals surface area contributed by atoms with Crippen molar-refractivity contribution in [2.75, 3.05) is 14.2 Å². The summed E-state index contributed by atoms with van der Waals surface area (Å²) in [5.41, 5.74) is 0.111. The molecular weight excluding hydrogens is 313 g/mol. The number of rotatable bonds is 2. The number of hydrogen-bond donors (Lipinski definition) is 1. The van der Waals surface area contributed by atoms with Crippen LogP contribution in [0.2, 0.25) is 0 Å². The second-order valence-electron chi connectivity index (χ2n) is 5.05. The van der Waals surface area contributed by atoms with E-state index in [0.717, 1.165) is 12.1 Å². The van der Waals surface area contributed by atoms with Crippen LogP contribution in [0.15, 0.2) is 35.5 Å². The molecule has 2 amide bonds. The Morgan fingerprint density at radius 3 is 2.30 bits per heavy atom. The Morgan fingerprint density at radius 2 is 1.83 bits per heavy atom. The minimum absolute atomic E-state index is 0.175. The fourth-order valence-electron chi connectivity index (χ4n) is 2.32. The predicted octanol–water partition coefficient (Wildman–Crippen LogP) is 2.85. The van der Waals surface area contributed by atoms with Gasteiger partial charge in [-0.1, -0.05) is 12.1 Å². The van der Waals surface area contributed by atoms with Gasteiger partial charge >= 0.3 is 18.2 Å². The van der Waals surface area contributed by atoms with Gasteiger partial charge in [0.25, 0.3) is 0 Å². The maximum atomic E-state index is 12.6. The van der Waals surface area contributed by atoms with Crippen molar-refractivity contribution in [3.05, 3.63) is 46.7 Å². The Morgan fingerprint density at radius 1 is 1.26 bits per heavy atom. The minimum atomic E-state index is -4.45. The molecule has 23 heavy (non-hydrogen) atoms. The average Bonchev–Trinajstić information content (AvgIpc) is 2.51. The molecule has 1 N–H and O–H groups in total. The molecule has 1 heterocycles. The summed E-state index contributed by atoms with van der Waals surface area (Å²) in [5.74, 6) is -0.653. The normalized spacial score (nSPS) is 18.8.